The summed E-state index contributed by atoms with van der Waals surface area (Å²) >= 11 is 5.74. The van der Waals surface area contributed by atoms with Crippen LogP contribution in [0.4, 0.5) is 4.79 Å². The third kappa shape index (κ3) is 5.77. The van der Waals surface area contributed by atoms with Gasteiger partial charge in [0.25, 0.3) is 0 Å². The molecule has 0 bridgehead atoms. The maximum absolute atomic E-state index is 11.8. The summed E-state index contributed by atoms with van der Waals surface area (Å²) in [6.07, 6.45) is 1.63. The van der Waals surface area contributed by atoms with Crippen LogP contribution in [0.2, 0.25) is 5.15 Å². The van der Waals surface area contributed by atoms with Gasteiger partial charge in [-0.05, 0) is 52.3 Å². The van der Waals surface area contributed by atoms with Gasteiger partial charge in [-0.15, -0.1) is 5.10 Å². The number of ether oxygens (including phenoxy) is 1. The molecule has 1 aromatic rings. The number of rotatable bonds is 3. The molecule has 1 atom stereocenters. The number of amides is 1. The zero-order valence-corrected chi connectivity index (χ0v) is 14.1. The molecule has 22 heavy (non-hydrogen) atoms. The van der Waals surface area contributed by atoms with Crippen molar-refractivity contribution in [2.24, 2.45) is 0 Å². The van der Waals surface area contributed by atoms with Crippen molar-refractivity contribution in [3.63, 3.8) is 0 Å². The topological polar surface area (TPSA) is 67.3 Å². The summed E-state index contributed by atoms with van der Waals surface area (Å²) in [7, 11) is 0. The zero-order chi connectivity index (χ0) is 16.2. The maximum atomic E-state index is 11.8. The molecular weight excluding hydrogens is 304 g/mol. The summed E-state index contributed by atoms with van der Waals surface area (Å²) in [5.74, 6) is 0. The van der Waals surface area contributed by atoms with Gasteiger partial charge >= 0.3 is 6.09 Å². The average molecular weight is 327 g/mol. The van der Waals surface area contributed by atoms with E-state index in [0.29, 0.717) is 11.7 Å². The second kappa shape index (κ2) is 7.24. The molecule has 0 unspecified atom stereocenters. The molecule has 0 radical (unpaired) electrons. The van der Waals surface area contributed by atoms with Crippen LogP contribution < -0.4 is 5.32 Å². The van der Waals surface area contributed by atoms with Crippen LogP contribution in [0.25, 0.3) is 0 Å². The number of carbonyl (C=O) groups excluding carboxylic acids is 1. The molecular formula is C15H23ClN4O2. The molecule has 2 rings (SSSR count). The van der Waals surface area contributed by atoms with Crippen molar-refractivity contribution in [2.75, 3.05) is 13.1 Å². The van der Waals surface area contributed by atoms with Crippen molar-refractivity contribution in [3.8, 4) is 0 Å². The first-order valence-electron chi connectivity index (χ1n) is 7.52. The molecule has 122 valence electrons. The highest BCUT2D eigenvalue weighted by molar-refractivity contribution is 6.29. The summed E-state index contributed by atoms with van der Waals surface area (Å²) in [6.45, 7) is 8.05. The number of halogens is 1. The number of alkyl carbamates (subject to hydrolysis) is 1. The number of nitrogens with zero attached hydrogens (tertiary/aromatic N) is 3. The molecule has 0 aromatic carbocycles. The number of hydrogen-bond donors (Lipinski definition) is 1. The van der Waals surface area contributed by atoms with Crippen LogP contribution in [-0.2, 0) is 11.3 Å². The molecule has 1 aliphatic heterocycles. The predicted molar refractivity (Wildman–Crippen MR) is 84.7 cm³/mol. The highest BCUT2D eigenvalue weighted by atomic mass is 35.5. The fraction of sp³-hybridized carbons (Fsp3) is 0.667. The number of hydrogen-bond acceptors (Lipinski definition) is 5. The summed E-state index contributed by atoms with van der Waals surface area (Å²) in [6, 6.07) is 3.72. The quantitative estimate of drug-likeness (QED) is 0.924. The van der Waals surface area contributed by atoms with E-state index in [1.807, 2.05) is 26.8 Å². The lowest BCUT2D eigenvalue weighted by Crippen LogP contribution is -2.48. The third-order valence-electron chi connectivity index (χ3n) is 3.30. The Labute approximate surface area is 136 Å². The minimum absolute atomic E-state index is 0.101. The Balaban J connectivity index is 1.83. The van der Waals surface area contributed by atoms with Gasteiger partial charge in [0, 0.05) is 19.1 Å². The fourth-order valence-corrected chi connectivity index (χ4v) is 2.55. The van der Waals surface area contributed by atoms with Gasteiger partial charge in [0.2, 0.25) is 0 Å². The minimum atomic E-state index is -0.475. The van der Waals surface area contributed by atoms with Crippen LogP contribution in [-0.4, -0.2) is 45.9 Å². The Morgan fingerprint density at radius 2 is 2.23 bits per heavy atom. The number of likely N-dealkylation sites (tertiary alicyclic amines) is 1. The maximum Gasteiger partial charge on any atom is 0.407 e. The molecule has 1 fully saturated rings. The molecule has 6 nitrogen and oxygen atoms in total. The molecule has 2 heterocycles. The van der Waals surface area contributed by atoms with Crippen LogP contribution in [0.1, 0.15) is 39.3 Å². The number of aromatic nitrogens is 2. The van der Waals surface area contributed by atoms with E-state index in [9.17, 15) is 4.79 Å². The van der Waals surface area contributed by atoms with E-state index < -0.39 is 5.60 Å². The zero-order valence-electron chi connectivity index (χ0n) is 13.3. The Morgan fingerprint density at radius 3 is 2.86 bits per heavy atom. The van der Waals surface area contributed by atoms with Gasteiger partial charge in [-0.1, -0.05) is 11.6 Å². The summed E-state index contributed by atoms with van der Waals surface area (Å²) in [5, 5.41) is 11.3. The average Bonchev–Trinajstić information content (AvgIpc) is 2.39. The van der Waals surface area contributed by atoms with Gasteiger partial charge in [0.1, 0.15) is 5.60 Å². The number of carbonyl (C=O) groups is 1. The number of piperidine rings is 1. The fourth-order valence-electron chi connectivity index (χ4n) is 2.45. The SMILES string of the molecule is CC(C)(C)OC(=O)N[C@H]1CCCN(Cc2ccc(Cl)nn2)C1. The van der Waals surface area contributed by atoms with E-state index in [4.69, 9.17) is 16.3 Å². The first-order chi connectivity index (χ1) is 10.3. The van der Waals surface area contributed by atoms with Gasteiger partial charge in [-0.25, -0.2) is 4.79 Å². The van der Waals surface area contributed by atoms with Crippen LogP contribution in [0.15, 0.2) is 12.1 Å². The molecule has 7 heteroatoms. The molecule has 1 N–H and O–H groups in total. The van der Waals surface area contributed by atoms with Crippen molar-refractivity contribution in [3.05, 3.63) is 23.0 Å². The lowest BCUT2D eigenvalue weighted by molar-refractivity contribution is 0.0470. The first-order valence-corrected chi connectivity index (χ1v) is 7.89. The highest BCUT2D eigenvalue weighted by Crippen LogP contribution is 2.14. The van der Waals surface area contributed by atoms with Crippen LogP contribution in [0.5, 0.6) is 0 Å². The van der Waals surface area contributed by atoms with Crippen molar-refractivity contribution in [1.82, 2.24) is 20.4 Å². The molecule has 0 spiro atoms. The van der Waals surface area contributed by atoms with E-state index >= 15 is 0 Å². The van der Waals surface area contributed by atoms with E-state index in [-0.39, 0.29) is 12.1 Å². The van der Waals surface area contributed by atoms with E-state index in [1.54, 1.807) is 6.07 Å². The molecule has 1 saturated heterocycles. The van der Waals surface area contributed by atoms with Gasteiger partial charge < -0.3 is 10.1 Å². The van der Waals surface area contributed by atoms with Crippen molar-refractivity contribution >= 4 is 17.7 Å². The van der Waals surface area contributed by atoms with Crippen LogP contribution in [0.3, 0.4) is 0 Å². The monoisotopic (exact) mass is 326 g/mol. The first kappa shape index (κ1) is 17.0. The van der Waals surface area contributed by atoms with Crippen molar-refractivity contribution in [1.29, 1.82) is 0 Å². The summed E-state index contributed by atoms with van der Waals surface area (Å²) in [4.78, 5) is 14.1. The lowest BCUT2D eigenvalue weighted by atomic mass is 10.1. The molecule has 1 amide bonds. The summed E-state index contributed by atoms with van der Waals surface area (Å²) in [5.41, 5.74) is 0.402. The van der Waals surface area contributed by atoms with Crippen molar-refractivity contribution in [2.45, 2.75) is 51.8 Å². The number of nitrogens with one attached hydrogen (secondary N) is 1. The Morgan fingerprint density at radius 1 is 1.45 bits per heavy atom. The third-order valence-corrected chi connectivity index (χ3v) is 3.50. The van der Waals surface area contributed by atoms with Crippen LogP contribution in [0, 0.1) is 0 Å². The van der Waals surface area contributed by atoms with Crippen molar-refractivity contribution < 1.29 is 9.53 Å². The smallest absolute Gasteiger partial charge is 0.407 e. The van der Waals surface area contributed by atoms with Gasteiger partial charge in [0.05, 0.1) is 5.69 Å². The summed E-state index contributed by atoms with van der Waals surface area (Å²) < 4.78 is 5.30. The predicted octanol–water partition coefficient (Wildman–Crippen LogP) is 2.62. The largest absolute Gasteiger partial charge is 0.444 e. The molecule has 0 saturated carbocycles. The van der Waals surface area contributed by atoms with Gasteiger partial charge in [-0.2, -0.15) is 5.10 Å². The second-order valence-corrected chi connectivity index (χ2v) is 6.96. The van der Waals surface area contributed by atoms with E-state index in [0.717, 1.165) is 31.6 Å². The molecule has 1 aromatic heterocycles. The molecule has 0 aliphatic carbocycles. The van der Waals surface area contributed by atoms with E-state index in [2.05, 4.69) is 20.4 Å². The second-order valence-electron chi connectivity index (χ2n) is 6.57. The van der Waals surface area contributed by atoms with Crippen LogP contribution >= 0.6 is 11.6 Å². The minimum Gasteiger partial charge on any atom is -0.444 e. The molecule has 1 aliphatic rings. The highest BCUT2D eigenvalue weighted by Gasteiger charge is 2.24. The van der Waals surface area contributed by atoms with Gasteiger partial charge in [0.15, 0.2) is 5.15 Å². The Hall–Kier alpha value is -1.40. The van der Waals surface area contributed by atoms with E-state index in [1.165, 1.54) is 0 Å². The van der Waals surface area contributed by atoms with Gasteiger partial charge in [-0.3, -0.25) is 4.90 Å². The Kier molecular flexibility index (Phi) is 5.58. The standard InChI is InChI=1S/C15H23ClN4O2/c1-15(2,3)22-14(21)17-11-5-4-8-20(9-11)10-12-6-7-13(16)19-18-12/h6-7,11H,4-5,8-10H2,1-3H3,(H,17,21)/t11-/m0/s1. The normalized spacial score (nSPS) is 19.7. The lowest BCUT2D eigenvalue weighted by Gasteiger charge is -2.33. The Bertz CT molecular complexity index is 501.